The van der Waals surface area contributed by atoms with Crippen molar-refractivity contribution in [2.24, 2.45) is 5.92 Å². The number of nitrogens with two attached hydrogens (primary N) is 1. The highest BCUT2D eigenvalue weighted by Crippen LogP contribution is 2.35. The van der Waals surface area contributed by atoms with Crippen molar-refractivity contribution >= 4 is 29.0 Å². The molecule has 0 bridgehead atoms. The lowest BCUT2D eigenvalue weighted by Gasteiger charge is -2.09. The maximum Gasteiger partial charge on any atom is 0.131 e. The van der Waals surface area contributed by atoms with E-state index in [1.165, 1.54) is 0 Å². The number of rotatable bonds is 3. The molecule has 1 aromatic heterocycles. The number of anilines is 1. The summed E-state index contributed by atoms with van der Waals surface area (Å²) in [6.45, 7) is 5.09. The molecule has 3 nitrogen and oxygen atoms in total. The van der Waals surface area contributed by atoms with E-state index in [-0.39, 0.29) is 0 Å². The maximum atomic E-state index is 6.18. The molecule has 2 N–H and O–H groups in total. The van der Waals surface area contributed by atoms with E-state index in [1.54, 1.807) is 12.4 Å². The molecule has 2 aromatic rings. The Morgan fingerprint density at radius 2 is 2.06 bits per heavy atom. The Morgan fingerprint density at radius 1 is 1.33 bits per heavy atom. The van der Waals surface area contributed by atoms with E-state index < -0.39 is 0 Å². The van der Waals surface area contributed by atoms with Gasteiger partial charge in [0.15, 0.2) is 0 Å². The number of hydrogen-bond acceptors (Lipinski definition) is 2. The lowest BCUT2D eigenvalue weighted by molar-refractivity contribution is 0.527. The Kier molecular flexibility index (Phi) is 3.83. The zero-order valence-corrected chi connectivity index (χ0v) is 11.8. The van der Waals surface area contributed by atoms with E-state index in [2.05, 4.69) is 18.8 Å². The topological polar surface area (TPSA) is 43.8 Å². The summed E-state index contributed by atoms with van der Waals surface area (Å²) in [5, 5.41) is 0.993. The van der Waals surface area contributed by atoms with Crippen LogP contribution in [0.15, 0.2) is 24.5 Å². The molecule has 0 saturated carbocycles. The second-order valence-corrected chi connectivity index (χ2v) is 5.41. The minimum absolute atomic E-state index is 0.487. The summed E-state index contributed by atoms with van der Waals surface area (Å²) in [4.78, 5) is 4.34. The van der Waals surface area contributed by atoms with Crippen molar-refractivity contribution < 1.29 is 0 Å². The first kappa shape index (κ1) is 13.2. The summed E-state index contributed by atoms with van der Waals surface area (Å²) < 4.78 is 1.93. The number of hydrogen-bond donors (Lipinski definition) is 1. The summed E-state index contributed by atoms with van der Waals surface area (Å²) in [5.41, 5.74) is 7.55. The average Bonchev–Trinajstić information content (AvgIpc) is 2.64. The van der Waals surface area contributed by atoms with Crippen molar-refractivity contribution in [2.75, 3.05) is 5.73 Å². The van der Waals surface area contributed by atoms with Gasteiger partial charge in [-0.05, 0) is 12.0 Å². The molecule has 0 aliphatic carbocycles. The number of aromatic nitrogens is 2. The summed E-state index contributed by atoms with van der Waals surface area (Å²) in [6.07, 6.45) is 1.74. The molecule has 0 spiro atoms. The van der Waals surface area contributed by atoms with Crippen LogP contribution in [0.25, 0.3) is 11.3 Å². The normalized spacial score (nSPS) is 11.2. The summed E-state index contributed by atoms with van der Waals surface area (Å²) in [5.74, 6) is 1.12. The van der Waals surface area contributed by atoms with Crippen LogP contribution in [0.1, 0.15) is 13.8 Å². The fourth-order valence-electron chi connectivity index (χ4n) is 1.82. The van der Waals surface area contributed by atoms with Gasteiger partial charge in [0.25, 0.3) is 0 Å². The smallest absolute Gasteiger partial charge is 0.131 e. The van der Waals surface area contributed by atoms with E-state index in [1.807, 2.05) is 16.7 Å². The molecule has 0 aliphatic heterocycles. The largest absolute Gasteiger partial charge is 0.383 e. The molecule has 18 heavy (non-hydrogen) atoms. The number of halogens is 2. The van der Waals surface area contributed by atoms with Crippen LogP contribution in [0.2, 0.25) is 10.0 Å². The minimum Gasteiger partial charge on any atom is -0.383 e. The van der Waals surface area contributed by atoms with Crippen molar-refractivity contribution in [3.63, 3.8) is 0 Å². The lowest BCUT2D eigenvalue weighted by atomic mass is 10.1. The predicted molar refractivity (Wildman–Crippen MR) is 76.9 cm³/mol. The van der Waals surface area contributed by atoms with Gasteiger partial charge in [0, 0.05) is 12.1 Å². The lowest BCUT2D eigenvalue weighted by Crippen LogP contribution is -2.06. The van der Waals surface area contributed by atoms with Gasteiger partial charge in [-0.25, -0.2) is 4.98 Å². The fourth-order valence-corrected chi connectivity index (χ4v) is 2.21. The van der Waals surface area contributed by atoms with E-state index in [0.29, 0.717) is 27.5 Å². The Morgan fingerprint density at radius 3 is 2.72 bits per heavy atom. The van der Waals surface area contributed by atoms with Gasteiger partial charge < -0.3 is 10.3 Å². The molecule has 0 unspecified atom stereocenters. The first-order valence-corrected chi connectivity index (χ1v) is 6.51. The summed E-state index contributed by atoms with van der Waals surface area (Å²) in [7, 11) is 0. The molecule has 96 valence electrons. The minimum atomic E-state index is 0.487. The first-order chi connectivity index (χ1) is 8.50. The predicted octanol–water partition coefficient (Wildman–Crippen LogP) is 4.10. The van der Waals surface area contributed by atoms with Crippen molar-refractivity contribution in [3.05, 3.63) is 34.6 Å². The molecular weight excluding hydrogens is 269 g/mol. The third-order valence-electron chi connectivity index (χ3n) is 2.65. The number of benzene rings is 1. The van der Waals surface area contributed by atoms with Gasteiger partial charge in [0.1, 0.15) is 11.5 Å². The van der Waals surface area contributed by atoms with Crippen molar-refractivity contribution in [3.8, 4) is 11.3 Å². The summed E-state index contributed by atoms with van der Waals surface area (Å²) >= 11 is 12.2. The third kappa shape index (κ3) is 2.47. The van der Waals surface area contributed by atoms with Crippen LogP contribution in [0, 0.1) is 5.92 Å². The summed E-state index contributed by atoms with van der Waals surface area (Å²) in [6, 6.07) is 5.45. The van der Waals surface area contributed by atoms with Crippen molar-refractivity contribution in [1.29, 1.82) is 0 Å². The highest BCUT2D eigenvalue weighted by molar-refractivity contribution is 6.43. The second-order valence-electron chi connectivity index (χ2n) is 4.63. The molecule has 0 atom stereocenters. The van der Waals surface area contributed by atoms with Gasteiger partial charge in [-0.15, -0.1) is 0 Å². The molecule has 0 saturated heterocycles. The Balaban J connectivity index is 2.46. The van der Waals surface area contributed by atoms with Gasteiger partial charge in [0.2, 0.25) is 0 Å². The fraction of sp³-hybridized carbons (Fsp3) is 0.308. The van der Waals surface area contributed by atoms with E-state index in [9.17, 15) is 0 Å². The standard InChI is InChI=1S/C13H15Cl2N3/c1-8(2)6-18-7-17-12(13(18)16)9-4-3-5-10(14)11(9)15/h3-5,7-8H,6,16H2,1-2H3. The van der Waals surface area contributed by atoms with Crippen LogP contribution in [-0.4, -0.2) is 9.55 Å². The maximum absolute atomic E-state index is 6.18. The molecular formula is C13H15Cl2N3. The zero-order valence-electron chi connectivity index (χ0n) is 10.3. The average molecular weight is 284 g/mol. The molecule has 5 heteroatoms. The zero-order chi connectivity index (χ0) is 13.3. The van der Waals surface area contributed by atoms with Crippen LogP contribution in [-0.2, 0) is 6.54 Å². The Hall–Kier alpha value is -1.19. The van der Waals surface area contributed by atoms with Gasteiger partial charge in [-0.2, -0.15) is 0 Å². The van der Waals surface area contributed by atoms with Gasteiger partial charge in [0.05, 0.1) is 16.4 Å². The second kappa shape index (κ2) is 5.21. The van der Waals surface area contributed by atoms with Crippen molar-refractivity contribution in [1.82, 2.24) is 9.55 Å². The molecule has 0 aliphatic rings. The number of nitrogen functional groups attached to an aromatic ring is 1. The number of nitrogens with zero attached hydrogens (tertiary/aromatic N) is 2. The van der Waals surface area contributed by atoms with Crippen molar-refractivity contribution in [2.45, 2.75) is 20.4 Å². The van der Waals surface area contributed by atoms with Crippen LogP contribution in [0.4, 0.5) is 5.82 Å². The molecule has 0 amide bonds. The Bertz CT molecular complexity index is 561. The first-order valence-electron chi connectivity index (χ1n) is 5.75. The van der Waals surface area contributed by atoms with Crippen LogP contribution in [0.3, 0.4) is 0 Å². The Labute approximate surface area is 117 Å². The quantitative estimate of drug-likeness (QED) is 0.922. The van der Waals surface area contributed by atoms with E-state index in [0.717, 1.165) is 12.1 Å². The van der Waals surface area contributed by atoms with Gasteiger partial charge >= 0.3 is 0 Å². The van der Waals surface area contributed by atoms with Gasteiger partial charge in [-0.3, -0.25) is 0 Å². The van der Waals surface area contributed by atoms with Crippen LogP contribution in [0.5, 0.6) is 0 Å². The third-order valence-corrected chi connectivity index (χ3v) is 3.47. The van der Waals surface area contributed by atoms with Crippen LogP contribution < -0.4 is 5.73 Å². The molecule has 2 rings (SSSR count). The van der Waals surface area contributed by atoms with E-state index >= 15 is 0 Å². The van der Waals surface area contributed by atoms with E-state index in [4.69, 9.17) is 28.9 Å². The molecule has 0 fully saturated rings. The number of imidazole rings is 1. The van der Waals surface area contributed by atoms with Gasteiger partial charge in [-0.1, -0.05) is 49.2 Å². The van der Waals surface area contributed by atoms with Crippen LogP contribution >= 0.6 is 23.2 Å². The monoisotopic (exact) mass is 283 g/mol. The molecule has 1 heterocycles. The molecule has 0 radical (unpaired) electrons. The molecule has 1 aromatic carbocycles. The highest BCUT2D eigenvalue weighted by atomic mass is 35.5. The SMILES string of the molecule is CC(C)Cn1cnc(-c2cccc(Cl)c2Cl)c1N. The highest BCUT2D eigenvalue weighted by Gasteiger charge is 2.14.